The molecule has 1 aromatic heterocycles. The Bertz CT molecular complexity index is 740. The lowest BCUT2D eigenvalue weighted by Gasteiger charge is -2.47. The molecule has 1 heterocycles. The summed E-state index contributed by atoms with van der Waals surface area (Å²) in [4.78, 5) is 16.4. The zero-order valence-electron chi connectivity index (χ0n) is 26.5. The Morgan fingerprint density at radius 1 is 0.585 bits per heavy atom. The molecule has 1 rings (SSSR count). The van der Waals surface area contributed by atoms with Crippen molar-refractivity contribution in [1.82, 2.24) is 15.0 Å². The van der Waals surface area contributed by atoms with Gasteiger partial charge in [0.05, 0.1) is 0 Å². The molecule has 0 bridgehead atoms. The largest absolute Gasteiger partial charge is 0.524 e. The van der Waals surface area contributed by atoms with Gasteiger partial charge in [-0.1, -0.05) is 13.8 Å². The Balaban J connectivity index is 4.13. The van der Waals surface area contributed by atoms with E-state index in [4.69, 9.17) is 48.0 Å². The van der Waals surface area contributed by atoms with Crippen molar-refractivity contribution in [3.63, 3.8) is 0 Å². The maximum Gasteiger partial charge on any atom is 0.524 e. The summed E-state index contributed by atoms with van der Waals surface area (Å²) in [6.07, 6.45) is 1.22. The first-order valence-corrected chi connectivity index (χ1v) is 18.7. The van der Waals surface area contributed by atoms with Gasteiger partial charge in [-0.05, 0) is 54.4 Å². The van der Waals surface area contributed by atoms with Gasteiger partial charge in [-0.3, -0.25) is 0 Å². The minimum atomic E-state index is -3.38. The molecule has 2 atom stereocenters. The fourth-order valence-corrected chi connectivity index (χ4v) is 11.3. The fraction of sp³-hybridized carbons (Fsp3) is 0.880. The van der Waals surface area contributed by atoms with E-state index in [9.17, 15) is 0 Å². The van der Waals surface area contributed by atoms with Crippen molar-refractivity contribution in [1.29, 1.82) is 0 Å². The molecule has 0 aliphatic carbocycles. The predicted octanol–water partition coefficient (Wildman–Crippen LogP) is 2.15. The van der Waals surface area contributed by atoms with Crippen LogP contribution < -0.4 is 27.0 Å². The molecule has 1 aromatic rings. The molecule has 0 fully saturated rings. The van der Waals surface area contributed by atoms with Gasteiger partial charge in [-0.15, -0.1) is 0 Å². The van der Waals surface area contributed by atoms with E-state index < -0.39 is 28.9 Å². The van der Waals surface area contributed by atoms with Gasteiger partial charge in [0.15, 0.2) is 0 Å². The minimum Gasteiger partial charge on any atom is -0.373 e. The SMILES string of the molecule is CCO[Si](OCC)(OCC)C(CC)N(c1nc(NCCN)nc(NCCN)n1)C(CC)[Si](OCC)(OCC)OCC. The third-order valence-electron chi connectivity index (χ3n) is 6.04. The molecule has 0 aromatic carbocycles. The Labute approximate surface area is 249 Å². The maximum atomic E-state index is 6.45. The van der Waals surface area contributed by atoms with E-state index in [1.165, 1.54) is 0 Å². The molecule has 0 aliphatic rings. The second-order valence-corrected chi connectivity index (χ2v) is 14.3. The summed E-state index contributed by atoms with van der Waals surface area (Å²) >= 11 is 0. The first kappa shape index (κ1) is 37.5. The summed E-state index contributed by atoms with van der Waals surface area (Å²) in [6.45, 7) is 20.1. The van der Waals surface area contributed by atoms with Crippen LogP contribution in [0.1, 0.15) is 68.2 Å². The average Bonchev–Trinajstić information content (AvgIpc) is 2.95. The van der Waals surface area contributed by atoms with Crippen molar-refractivity contribution in [3.05, 3.63) is 0 Å². The van der Waals surface area contributed by atoms with Gasteiger partial charge < -0.3 is 53.6 Å². The number of hydrogen-bond donors (Lipinski definition) is 4. The lowest BCUT2D eigenvalue weighted by atomic mass is 10.3. The van der Waals surface area contributed by atoms with E-state index in [-0.39, 0.29) is 0 Å². The average molecular weight is 621 g/mol. The summed E-state index contributed by atoms with van der Waals surface area (Å²) in [5, 5.41) is 6.40. The van der Waals surface area contributed by atoms with Crippen molar-refractivity contribution >= 4 is 35.5 Å². The molecule has 2 unspecified atom stereocenters. The normalized spacial score (nSPS) is 13.7. The predicted molar refractivity (Wildman–Crippen MR) is 167 cm³/mol. The topological polar surface area (TPSA) is 173 Å². The van der Waals surface area contributed by atoms with Gasteiger partial charge in [0, 0.05) is 65.8 Å². The van der Waals surface area contributed by atoms with Crippen LogP contribution in [0.4, 0.5) is 17.8 Å². The van der Waals surface area contributed by atoms with Crippen LogP contribution in [0.25, 0.3) is 0 Å². The molecular weight excluding hydrogens is 564 g/mol. The number of nitrogens with one attached hydrogen (secondary N) is 2. The maximum absolute atomic E-state index is 6.45. The van der Waals surface area contributed by atoms with Crippen molar-refractivity contribution in [2.75, 3.05) is 81.4 Å². The van der Waals surface area contributed by atoms with E-state index in [0.29, 0.717) is 96.5 Å². The molecule has 240 valence electrons. The molecule has 0 saturated carbocycles. The van der Waals surface area contributed by atoms with Gasteiger partial charge >= 0.3 is 17.6 Å². The molecule has 0 radical (unpaired) electrons. The molecular formula is C25H56N8O6Si2. The van der Waals surface area contributed by atoms with Crippen LogP contribution in [-0.4, -0.2) is 110 Å². The van der Waals surface area contributed by atoms with Crippen LogP contribution in [0.3, 0.4) is 0 Å². The van der Waals surface area contributed by atoms with Crippen LogP contribution >= 0.6 is 0 Å². The standard InChI is InChI=1S/C25H56N8O6Si2/c1-9-21(40(34-11-3,35-12-4)36-13-5)33(22(10-2)41(37-14-6,38-15-7)39-16-8)25-31-23(28-19-17-26)30-24(32-25)29-20-18-27/h21-22H,9-20,26-27H2,1-8H3,(H2,28,29,30,31,32). The number of nitrogens with zero attached hydrogens (tertiary/aromatic N) is 4. The zero-order valence-corrected chi connectivity index (χ0v) is 28.5. The molecule has 0 amide bonds. The van der Waals surface area contributed by atoms with E-state index in [1.54, 1.807) is 0 Å². The molecule has 16 heteroatoms. The first-order valence-electron chi connectivity index (χ1n) is 15.1. The number of rotatable bonds is 25. The van der Waals surface area contributed by atoms with Gasteiger partial charge in [-0.25, -0.2) is 0 Å². The molecule has 6 N–H and O–H groups in total. The third kappa shape index (κ3) is 10.3. The molecule has 41 heavy (non-hydrogen) atoms. The second-order valence-electron chi connectivity index (χ2n) is 8.77. The van der Waals surface area contributed by atoms with Gasteiger partial charge in [0.2, 0.25) is 17.8 Å². The number of nitrogens with two attached hydrogens (primary N) is 2. The number of anilines is 3. The Hall–Kier alpha value is -1.48. The van der Waals surface area contributed by atoms with Crippen LogP contribution in [0.15, 0.2) is 0 Å². The second kappa shape index (κ2) is 20.4. The highest BCUT2D eigenvalue weighted by atomic mass is 28.4. The lowest BCUT2D eigenvalue weighted by molar-refractivity contribution is 0.0501. The number of aromatic nitrogens is 3. The van der Waals surface area contributed by atoms with E-state index in [0.717, 1.165) is 0 Å². The van der Waals surface area contributed by atoms with Gasteiger partial charge in [0.25, 0.3) is 0 Å². The highest BCUT2D eigenvalue weighted by molar-refractivity contribution is 6.65. The van der Waals surface area contributed by atoms with Crippen molar-refractivity contribution < 1.29 is 26.6 Å². The Morgan fingerprint density at radius 3 is 1.15 bits per heavy atom. The van der Waals surface area contributed by atoms with E-state index in [1.807, 2.05) is 41.5 Å². The summed E-state index contributed by atoms with van der Waals surface area (Å²) in [7, 11) is -6.77. The van der Waals surface area contributed by atoms with Gasteiger partial charge in [0.1, 0.15) is 11.3 Å². The smallest absolute Gasteiger partial charge is 0.373 e. The number of hydrogen-bond acceptors (Lipinski definition) is 14. The molecule has 0 aliphatic heterocycles. The van der Waals surface area contributed by atoms with Crippen LogP contribution in [0.2, 0.25) is 0 Å². The first-order chi connectivity index (χ1) is 19.9. The van der Waals surface area contributed by atoms with E-state index >= 15 is 0 Å². The minimum absolute atomic E-state index is 0.377. The molecule has 14 nitrogen and oxygen atoms in total. The lowest BCUT2D eigenvalue weighted by Crippen LogP contribution is -2.71. The summed E-state index contributed by atoms with van der Waals surface area (Å²) in [5.41, 5.74) is 10.8. The van der Waals surface area contributed by atoms with E-state index in [2.05, 4.69) is 34.4 Å². The summed E-state index contributed by atoms with van der Waals surface area (Å²) in [5.74, 6) is 1.15. The quantitative estimate of drug-likeness (QED) is 0.117. The summed E-state index contributed by atoms with van der Waals surface area (Å²) in [6, 6.07) is 0. The summed E-state index contributed by atoms with van der Waals surface area (Å²) < 4.78 is 38.7. The van der Waals surface area contributed by atoms with Crippen LogP contribution in [-0.2, 0) is 26.6 Å². The van der Waals surface area contributed by atoms with Gasteiger partial charge in [-0.2, -0.15) is 15.0 Å². The Morgan fingerprint density at radius 2 is 0.902 bits per heavy atom. The molecule has 0 spiro atoms. The fourth-order valence-electron chi connectivity index (χ4n) is 4.77. The Kier molecular flexibility index (Phi) is 18.7. The van der Waals surface area contributed by atoms with Crippen molar-refractivity contribution in [3.8, 4) is 0 Å². The van der Waals surface area contributed by atoms with Crippen molar-refractivity contribution in [2.45, 2.75) is 79.6 Å². The van der Waals surface area contributed by atoms with Crippen LogP contribution in [0, 0.1) is 0 Å². The highest BCUT2D eigenvalue weighted by Crippen LogP contribution is 2.34. The zero-order chi connectivity index (χ0) is 30.7. The van der Waals surface area contributed by atoms with Crippen molar-refractivity contribution in [2.24, 2.45) is 11.5 Å². The highest BCUT2D eigenvalue weighted by Gasteiger charge is 2.60. The van der Waals surface area contributed by atoms with Crippen LogP contribution in [0.5, 0.6) is 0 Å². The molecule has 0 saturated heterocycles. The monoisotopic (exact) mass is 620 g/mol. The third-order valence-corrected chi connectivity index (χ3v) is 13.2.